The van der Waals surface area contributed by atoms with E-state index in [-0.39, 0.29) is 23.8 Å². The molecular formula is C18H21N3O4. The number of nitro benzene ring substituents is 1. The Kier molecular flexibility index (Phi) is 6.47. The zero-order valence-corrected chi connectivity index (χ0v) is 13.9. The number of amides is 1. The summed E-state index contributed by atoms with van der Waals surface area (Å²) in [5.74, 6) is -0.483. The highest BCUT2D eigenvalue weighted by Gasteiger charge is 2.17. The molecule has 3 N–H and O–H groups in total. The van der Waals surface area contributed by atoms with Crippen molar-refractivity contribution in [3.63, 3.8) is 0 Å². The average Bonchev–Trinajstić information content (AvgIpc) is 2.64. The van der Waals surface area contributed by atoms with Crippen LogP contribution >= 0.6 is 0 Å². The van der Waals surface area contributed by atoms with Gasteiger partial charge < -0.3 is 15.7 Å². The fraction of sp³-hybridized carbons (Fsp3) is 0.278. The first kappa shape index (κ1) is 18.4. The number of carbonyl (C=O) groups excluding carboxylic acids is 1. The number of nitrogens with zero attached hydrogens (tertiary/aromatic N) is 1. The topological polar surface area (TPSA) is 104 Å². The summed E-state index contributed by atoms with van der Waals surface area (Å²) >= 11 is 0. The van der Waals surface area contributed by atoms with E-state index in [1.54, 1.807) is 13.0 Å². The van der Waals surface area contributed by atoms with Crippen LogP contribution in [0.1, 0.15) is 22.8 Å². The fourth-order valence-corrected chi connectivity index (χ4v) is 2.20. The Balaban J connectivity index is 2.11. The molecule has 7 nitrogen and oxygen atoms in total. The number of anilines is 1. The van der Waals surface area contributed by atoms with Crippen LogP contribution in [0.25, 0.3) is 0 Å². The second-order valence-corrected chi connectivity index (χ2v) is 5.83. The van der Waals surface area contributed by atoms with E-state index < -0.39 is 10.8 Å². The molecule has 0 radical (unpaired) electrons. The highest BCUT2D eigenvalue weighted by molar-refractivity contribution is 5.95. The summed E-state index contributed by atoms with van der Waals surface area (Å²) < 4.78 is 0. The lowest BCUT2D eigenvalue weighted by Gasteiger charge is -2.11. The zero-order valence-electron chi connectivity index (χ0n) is 13.9. The van der Waals surface area contributed by atoms with Crippen LogP contribution in [0, 0.1) is 16.0 Å². The molecule has 0 spiro atoms. The lowest BCUT2D eigenvalue weighted by molar-refractivity contribution is -0.384. The van der Waals surface area contributed by atoms with Gasteiger partial charge in [0.1, 0.15) is 5.69 Å². The van der Waals surface area contributed by atoms with Gasteiger partial charge in [0.2, 0.25) is 0 Å². The van der Waals surface area contributed by atoms with Gasteiger partial charge in [0, 0.05) is 31.3 Å². The number of rotatable bonds is 8. The Bertz CT molecular complexity index is 734. The van der Waals surface area contributed by atoms with Crippen molar-refractivity contribution in [2.75, 3.05) is 18.5 Å². The van der Waals surface area contributed by atoms with Crippen molar-refractivity contribution in [1.82, 2.24) is 5.32 Å². The Morgan fingerprint density at radius 1 is 1.24 bits per heavy atom. The molecule has 1 amide bonds. The summed E-state index contributed by atoms with van der Waals surface area (Å²) in [5.41, 5.74) is 1.41. The molecule has 1 atom stereocenters. The molecule has 0 aromatic heterocycles. The predicted molar refractivity (Wildman–Crippen MR) is 95.4 cm³/mol. The zero-order chi connectivity index (χ0) is 18.2. The fourth-order valence-electron chi connectivity index (χ4n) is 2.20. The van der Waals surface area contributed by atoms with Crippen molar-refractivity contribution < 1.29 is 14.8 Å². The highest BCUT2D eigenvalue weighted by Crippen LogP contribution is 2.26. The number of carbonyl (C=O) groups is 1. The Morgan fingerprint density at radius 3 is 2.60 bits per heavy atom. The quantitative estimate of drug-likeness (QED) is 0.505. The maximum Gasteiger partial charge on any atom is 0.293 e. The predicted octanol–water partition coefficient (Wildman–Crippen LogP) is 2.57. The maximum atomic E-state index is 12.1. The van der Waals surface area contributed by atoms with E-state index in [4.69, 9.17) is 5.11 Å². The summed E-state index contributed by atoms with van der Waals surface area (Å²) in [4.78, 5) is 22.9. The van der Waals surface area contributed by atoms with Crippen LogP contribution in [0.4, 0.5) is 11.4 Å². The smallest absolute Gasteiger partial charge is 0.293 e. The minimum atomic E-state index is -0.513. The van der Waals surface area contributed by atoms with Gasteiger partial charge in [-0.15, -0.1) is 0 Å². The van der Waals surface area contributed by atoms with E-state index in [2.05, 4.69) is 10.6 Å². The molecule has 132 valence electrons. The molecule has 0 heterocycles. The van der Waals surface area contributed by atoms with Crippen LogP contribution in [0.5, 0.6) is 0 Å². The molecule has 0 bridgehead atoms. The van der Waals surface area contributed by atoms with Crippen LogP contribution in [0.15, 0.2) is 48.5 Å². The van der Waals surface area contributed by atoms with Crippen LogP contribution in [0.3, 0.4) is 0 Å². The monoisotopic (exact) mass is 343 g/mol. The van der Waals surface area contributed by atoms with Crippen LogP contribution in [-0.2, 0) is 6.54 Å². The van der Waals surface area contributed by atoms with E-state index >= 15 is 0 Å². The summed E-state index contributed by atoms with van der Waals surface area (Å²) in [6.45, 7) is 2.50. The number of nitrogens with one attached hydrogen (secondary N) is 2. The van der Waals surface area contributed by atoms with Crippen LogP contribution in [-0.4, -0.2) is 29.1 Å². The number of aliphatic hydroxyl groups excluding tert-OH is 1. The molecule has 2 aromatic rings. The molecule has 0 saturated carbocycles. The van der Waals surface area contributed by atoms with E-state index in [1.807, 2.05) is 30.3 Å². The summed E-state index contributed by atoms with van der Waals surface area (Å²) in [6, 6.07) is 13.9. The van der Waals surface area contributed by atoms with Crippen molar-refractivity contribution in [3.8, 4) is 0 Å². The van der Waals surface area contributed by atoms with Gasteiger partial charge >= 0.3 is 0 Å². The maximum absolute atomic E-state index is 12.1. The van der Waals surface area contributed by atoms with Crippen molar-refractivity contribution in [2.24, 2.45) is 5.92 Å². The molecule has 7 heteroatoms. The normalized spacial score (nSPS) is 11.6. The molecule has 0 fully saturated rings. The summed E-state index contributed by atoms with van der Waals surface area (Å²) in [5, 5.41) is 26.0. The number of aliphatic hydroxyl groups is 1. The van der Waals surface area contributed by atoms with Crippen molar-refractivity contribution in [3.05, 3.63) is 69.8 Å². The first-order chi connectivity index (χ1) is 12.0. The van der Waals surface area contributed by atoms with Gasteiger partial charge in [-0.05, 0) is 23.6 Å². The van der Waals surface area contributed by atoms with Gasteiger partial charge in [-0.3, -0.25) is 14.9 Å². The lowest BCUT2D eigenvalue weighted by atomic mass is 10.1. The number of hydrogen-bond acceptors (Lipinski definition) is 5. The summed E-state index contributed by atoms with van der Waals surface area (Å²) in [6.07, 6.45) is 0. The van der Waals surface area contributed by atoms with Crippen LogP contribution < -0.4 is 10.6 Å². The second kappa shape index (κ2) is 8.79. The van der Waals surface area contributed by atoms with Crippen molar-refractivity contribution in [1.29, 1.82) is 0 Å². The average molecular weight is 343 g/mol. The Labute approximate surface area is 145 Å². The number of benzene rings is 2. The van der Waals surface area contributed by atoms with Crippen molar-refractivity contribution >= 4 is 17.3 Å². The molecule has 0 aliphatic heterocycles. The molecule has 25 heavy (non-hydrogen) atoms. The minimum absolute atomic E-state index is 0.0389. The Morgan fingerprint density at radius 2 is 1.96 bits per heavy atom. The van der Waals surface area contributed by atoms with Gasteiger partial charge in [0.15, 0.2) is 0 Å². The second-order valence-electron chi connectivity index (χ2n) is 5.83. The van der Waals surface area contributed by atoms with Crippen LogP contribution in [0.2, 0.25) is 0 Å². The molecule has 2 aromatic carbocycles. The minimum Gasteiger partial charge on any atom is -0.396 e. The van der Waals surface area contributed by atoms with Gasteiger partial charge in [-0.1, -0.05) is 37.3 Å². The third-order valence-electron chi connectivity index (χ3n) is 3.71. The van der Waals surface area contributed by atoms with Gasteiger partial charge in [0.05, 0.1) is 4.92 Å². The van der Waals surface area contributed by atoms with Gasteiger partial charge in [0.25, 0.3) is 11.6 Å². The lowest BCUT2D eigenvalue weighted by Crippen LogP contribution is -2.29. The third-order valence-corrected chi connectivity index (χ3v) is 3.71. The van der Waals surface area contributed by atoms with E-state index in [0.29, 0.717) is 18.8 Å². The summed E-state index contributed by atoms with van der Waals surface area (Å²) in [7, 11) is 0. The Hall–Kier alpha value is -2.93. The molecular weight excluding hydrogens is 322 g/mol. The molecule has 1 unspecified atom stereocenters. The van der Waals surface area contributed by atoms with Crippen molar-refractivity contribution in [2.45, 2.75) is 13.5 Å². The largest absolute Gasteiger partial charge is 0.396 e. The molecule has 0 aliphatic carbocycles. The first-order valence-electron chi connectivity index (χ1n) is 7.96. The first-order valence-corrected chi connectivity index (χ1v) is 7.96. The van der Waals surface area contributed by atoms with E-state index in [1.165, 1.54) is 12.1 Å². The number of nitro groups is 1. The third kappa shape index (κ3) is 5.29. The molecule has 0 saturated heterocycles. The number of hydrogen-bond donors (Lipinski definition) is 3. The molecule has 2 rings (SSSR count). The van der Waals surface area contributed by atoms with Gasteiger partial charge in [-0.25, -0.2) is 0 Å². The van der Waals surface area contributed by atoms with Gasteiger partial charge in [-0.2, -0.15) is 0 Å². The van der Waals surface area contributed by atoms with E-state index in [9.17, 15) is 14.9 Å². The highest BCUT2D eigenvalue weighted by atomic mass is 16.6. The van der Waals surface area contributed by atoms with E-state index in [0.717, 1.165) is 5.56 Å². The standard InChI is InChI=1S/C18H21N3O4/c1-13(12-22)10-20-18(23)15-7-8-16(17(9-15)21(24)25)19-11-14-5-3-2-4-6-14/h2-9,13,19,22H,10-12H2,1H3,(H,20,23). The molecule has 0 aliphatic rings. The SMILES string of the molecule is CC(CO)CNC(=O)c1ccc(NCc2ccccc2)c([N+](=O)[O-])c1.